The number of rotatable bonds is 4. The van der Waals surface area contributed by atoms with E-state index in [-0.39, 0.29) is 24.8 Å². The molecule has 0 saturated carbocycles. The van der Waals surface area contributed by atoms with Gasteiger partial charge in [-0.1, -0.05) is 30.3 Å². The van der Waals surface area contributed by atoms with Crippen molar-refractivity contribution in [1.82, 2.24) is 20.1 Å². The summed E-state index contributed by atoms with van der Waals surface area (Å²) in [5, 5.41) is 13.6. The zero-order chi connectivity index (χ0) is 22.3. The molecule has 2 fully saturated rings. The number of aliphatic hydroxyl groups is 1. The lowest BCUT2D eigenvalue weighted by atomic mass is 9.86. The van der Waals surface area contributed by atoms with Crippen LogP contribution in [0.5, 0.6) is 0 Å². The predicted octanol–water partition coefficient (Wildman–Crippen LogP) is 1.33. The molecule has 32 heavy (non-hydrogen) atoms. The Labute approximate surface area is 186 Å². The molecule has 0 bridgehead atoms. The quantitative estimate of drug-likeness (QED) is 0.704. The summed E-state index contributed by atoms with van der Waals surface area (Å²) in [6.45, 7) is 2.65. The smallest absolute Gasteiger partial charge is 0.256 e. The summed E-state index contributed by atoms with van der Waals surface area (Å²) in [6.07, 6.45) is 3.20. The van der Waals surface area contributed by atoms with Crippen LogP contribution in [0.1, 0.15) is 52.9 Å². The van der Waals surface area contributed by atoms with Gasteiger partial charge < -0.3 is 10.0 Å². The van der Waals surface area contributed by atoms with Crippen LogP contribution in [0.4, 0.5) is 0 Å². The number of amides is 3. The fraction of sp³-hybridized carbons (Fsp3) is 0.417. The van der Waals surface area contributed by atoms with E-state index in [2.05, 4.69) is 27.3 Å². The minimum atomic E-state index is -1.03. The number of piperidine rings is 2. The van der Waals surface area contributed by atoms with Gasteiger partial charge in [-0.05, 0) is 36.5 Å². The Balaban J connectivity index is 1.28. The number of nitrogens with one attached hydrogen (secondary N) is 1. The van der Waals surface area contributed by atoms with E-state index in [1.54, 1.807) is 0 Å². The van der Waals surface area contributed by atoms with Gasteiger partial charge in [0, 0.05) is 38.8 Å². The fourth-order valence-corrected chi connectivity index (χ4v) is 4.90. The second kappa shape index (κ2) is 8.11. The summed E-state index contributed by atoms with van der Waals surface area (Å²) in [4.78, 5) is 44.8. The molecule has 3 aliphatic heterocycles. The zero-order valence-corrected chi connectivity index (χ0v) is 17.8. The van der Waals surface area contributed by atoms with Gasteiger partial charge in [0.1, 0.15) is 11.6 Å². The highest BCUT2D eigenvalue weighted by molar-refractivity contribution is 6.05. The van der Waals surface area contributed by atoms with Crippen molar-refractivity contribution in [1.29, 1.82) is 0 Å². The van der Waals surface area contributed by atoms with Gasteiger partial charge in [0.15, 0.2) is 0 Å². The molecule has 2 aromatic rings. The first-order valence-electron chi connectivity index (χ1n) is 11.1. The van der Waals surface area contributed by atoms with E-state index in [0.717, 1.165) is 25.2 Å². The molecule has 166 valence electrons. The van der Waals surface area contributed by atoms with Crippen molar-refractivity contribution < 1.29 is 19.5 Å². The number of fused-ring (bicyclic) bond motifs is 1. The van der Waals surface area contributed by atoms with Crippen molar-refractivity contribution in [2.45, 2.75) is 50.4 Å². The van der Waals surface area contributed by atoms with Crippen LogP contribution in [0.15, 0.2) is 42.6 Å². The van der Waals surface area contributed by atoms with Crippen molar-refractivity contribution in [3.05, 3.63) is 65.0 Å². The maximum absolute atomic E-state index is 12.9. The number of nitrogens with zero attached hydrogens (tertiary/aromatic N) is 3. The summed E-state index contributed by atoms with van der Waals surface area (Å²) in [6, 6.07) is 11.4. The van der Waals surface area contributed by atoms with Crippen LogP contribution in [0.2, 0.25) is 0 Å². The summed E-state index contributed by atoms with van der Waals surface area (Å²) in [7, 11) is 0. The largest absolute Gasteiger partial charge is 0.383 e. The summed E-state index contributed by atoms with van der Waals surface area (Å²) in [5.41, 5.74) is 2.02. The van der Waals surface area contributed by atoms with Crippen LogP contribution in [0.3, 0.4) is 0 Å². The lowest BCUT2D eigenvalue weighted by molar-refractivity contribution is -0.136. The van der Waals surface area contributed by atoms with Gasteiger partial charge in [-0.2, -0.15) is 0 Å². The van der Waals surface area contributed by atoms with Gasteiger partial charge in [0.25, 0.3) is 5.91 Å². The van der Waals surface area contributed by atoms with E-state index >= 15 is 0 Å². The summed E-state index contributed by atoms with van der Waals surface area (Å²) in [5.74, 6) is -0.988. The molecule has 2 N–H and O–H groups in total. The number of benzene rings is 1. The first-order valence-corrected chi connectivity index (χ1v) is 11.1. The van der Waals surface area contributed by atoms with Gasteiger partial charge >= 0.3 is 0 Å². The number of likely N-dealkylation sites (tertiary alicyclic amines) is 1. The minimum absolute atomic E-state index is 0.221. The molecule has 1 atom stereocenters. The maximum Gasteiger partial charge on any atom is 0.256 e. The highest BCUT2D eigenvalue weighted by Gasteiger charge is 2.41. The molecule has 4 heterocycles. The topological polar surface area (TPSA) is 103 Å². The lowest BCUT2D eigenvalue weighted by Gasteiger charge is -2.38. The number of aromatic nitrogens is 1. The van der Waals surface area contributed by atoms with Crippen LogP contribution in [-0.4, -0.2) is 56.7 Å². The molecule has 3 amide bonds. The molecule has 1 aromatic carbocycles. The zero-order valence-electron chi connectivity index (χ0n) is 17.8. The van der Waals surface area contributed by atoms with E-state index in [9.17, 15) is 19.5 Å². The maximum atomic E-state index is 12.9. The van der Waals surface area contributed by atoms with Crippen LogP contribution in [0.25, 0.3) is 0 Å². The number of hydrogen-bond donors (Lipinski definition) is 2. The Hall–Kier alpha value is -3.10. The van der Waals surface area contributed by atoms with Gasteiger partial charge in [0.2, 0.25) is 11.8 Å². The summed E-state index contributed by atoms with van der Waals surface area (Å²) < 4.78 is 0. The van der Waals surface area contributed by atoms with E-state index in [1.165, 1.54) is 16.7 Å². The summed E-state index contributed by atoms with van der Waals surface area (Å²) >= 11 is 0. The van der Waals surface area contributed by atoms with Crippen LogP contribution < -0.4 is 5.32 Å². The molecular weight excluding hydrogens is 408 g/mol. The van der Waals surface area contributed by atoms with E-state index in [1.807, 2.05) is 24.3 Å². The predicted molar refractivity (Wildman–Crippen MR) is 115 cm³/mol. The molecule has 5 rings (SSSR count). The second-order valence-corrected chi connectivity index (χ2v) is 8.92. The molecule has 8 heteroatoms. The average Bonchev–Trinajstić information content (AvgIpc) is 3.12. The molecule has 8 nitrogen and oxygen atoms in total. The third-order valence-corrected chi connectivity index (χ3v) is 6.82. The van der Waals surface area contributed by atoms with E-state index in [4.69, 9.17) is 0 Å². The van der Waals surface area contributed by atoms with Crippen LogP contribution in [0, 0.1) is 0 Å². The van der Waals surface area contributed by atoms with Crippen LogP contribution in [-0.2, 0) is 28.3 Å². The molecule has 0 aliphatic carbocycles. The first-order chi connectivity index (χ1) is 15.4. The molecule has 1 unspecified atom stereocenters. The van der Waals surface area contributed by atoms with Crippen molar-refractivity contribution in [3.8, 4) is 0 Å². The normalized spacial score (nSPS) is 23.2. The minimum Gasteiger partial charge on any atom is -0.383 e. The SMILES string of the molecule is O=C1CCC(N2Cc3cc(C4(O)CCN(Cc5ccccc5)CC4)ncc3C2=O)C(=O)N1. The van der Waals surface area contributed by atoms with E-state index < -0.39 is 17.6 Å². The monoisotopic (exact) mass is 434 g/mol. The standard InChI is InChI=1S/C24H26N4O4/c29-21-7-6-19(22(30)26-21)28-15-17-12-20(25-13-18(17)23(28)31)24(32)8-10-27(11-9-24)14-16-4-2-1-3-5-16/h1-5,12-13,19,32H,6-11,14-15H2,(H,26,29,30). The van der Waals surface area contributed by atoms with Gasteiger partial charge in [0.05, 0.1) is 11.3 Å². The number of hydrogen-bond acceptors (Lipinski definition) is 6. The highest BCUT2D eigenvalue weighted by atomic mass is 16.3. The molecule has 0 radical (unpaired) electrons. The fourth-order valence-electron chi connectivity index (χ4n) is 4.90. The Morgan fingerprint density at radius 2 is 1.88 bits per heavy atom. The van der Waals surface area contributed by atoms with Crippen molar-refractivity contribution in [2.24, 2.45) is 0 Å². The van der Waals surface area contributed by atoms with Crippen molar-refractivity contribution >= 4 is 17.7 Å². The van der Waals surface area contributed by atoms with Gasteiger partial charge in [-0.25, -0.2) is 0 Å². The van der Waals surface area contributed by atoms with Gasteiger partial charge in [-0.15, -0.1) is 0 Å². The lowest BCUT2D eigenvalue weighted by Crippen LogP contribution is -2.52. The second-order valence-electron chi connectivity index (χ2n) is 8.92. The molecular formula is C24H26N4O4. The molecule has 1 aromatic heterocycles. The number of carbonyl (C=O) groups excluding carboxylic acids is 3. The molecule has 0 spiro atoms. The third kappa shape index (κ3) is 3.80. The highest BCUT2D eigenvalue weighted by Crippen LogP contribution is 2.35. The molecule has 3 aliphatic rings. The van der Waals surface area contributed by atoms with E-state index in [0.29, 0.717) is 30.5 Å². The average molecular weight is 434 g/mol. The van der Waals surface area contributed by atoms with Gasteiger partial charge in [-0.3, -0.25) is 29.6 Å². The van der Waals surface area contributed by atoms with Crippen molar-refractivity contribution in [3.63, 3.8) is 0 Å². The number of carbonyl (C=O) groups is 3. The van der Waals surface area contributed by atoms with Crippen molar-refractivity contribution in [2.75, 3.05) is 13.1 Å². The Bertz CT molecular complexity index is 1060. The first kappa shape index (κ1) is 20.8. The third-order valence-electron chi connectivity index (χ3n) is 6.82. The van der Waals surface area contributed by atoms with Crippen LogP contribution >= 0.6 is 0 Å². The number of pyridine rings is 1. The molecule has 2 saturated heterocycles. The number of imide groups is 1. The Morgan fingerprint density at radius 1 is 1.12 bits per heavy atom. The Kier molecular flexibility index (Phi) is 5.27. The Morgan fingerprint density at radius 3 is 2.59 bits per heavy atom.